The van der Waals surface area contributed by atoms with Crippen LogP contribution in [0.3, 0.4) is 0 Å². The van der Waals surface area contributed by atoms with Crippen molar-refractivity contribution < 1.29 is 5.11 Å². The zero-order valence-corrected chi connectivity index (χ0v) is 13.1. The van der Waals surface area contributed by atoms with E-state index in [1.54, 1.807) is 12.1 Å². The summed E-state index contributed by atoms with van der Waals surface area (Å²) >= 11 is 0. The van der Waals surface area contributed by atoms with E-state index >= 15 is 0 Å². The molecule has 2 atom stereocenters. The van der Waals surface area contributed by atoms with E-state index in [1.165, 1.54) is 16.7 Å². The van der Waals surface area contributed by atoms with Crippen LogP contribution in [0, 0.1) is 6.92 Å². The molecule has 0 heterocycles. The van der Waals surface area contributed by atoms with Crippen LogP contribution in [-0.2, 0) is 6.42 Å². The van der Waals surface area contributed by atoms with Crippen molar-refractivity contribution in [3.05, 3.63) is 65.2 Å². The SMILES string of the molecule is Cc1ccccc1[C@H](C)NC(C)CCc1ccc(O)cc1. The molecule has 0 aromatic heterocycles. The molecule has 2 N–H and O–H groups in total. The van der Waals surface area contributed by atoms with E-state index in [0.29, 0.717) is 17.8 Å². The van der Waals surface area contributed by atoms with Crippen molar-refractivity contribution in [3.63, 3.8) is 0 Å². The summed E-state index contributed by atoms with van der Waals surface area (Å²) in [6.45, 7) is 6.61. The molecule has 2 aromatic carbocycles. The van der Waals surface area contributed by atoms with E-state index in [-0.39, 0.29) is 0 Å². The fraction of sp³-hybridized carbons (Fsp3) is 0.368. The van der Waals surface area contributed by atoms with E-state index in [4.69, 9.17) is 0 Å². The fourth-order valence-corrected chi connectivity index (χ4v) is 2.72. The Hall–Kier alpha value is -1.80. The van der Waals surface area contributed by atoms with Crippen molar-refractivity contribution in [1.29, 1.82) is 0 Å². The highest BCUT2D eigenvalue weighted by atomic mass is 16.3. The minimum absolute atomic E-state index is 0.332. The predicted molar refractivity (Wildman–Crippen MR) is 88.6 cm³/mol. The lowest BCUT2D eigenvalue weighted by Gasteiger charge is -2.22. The van der Waals surface area contributed by atoms with E-state index < -0.39 is 0 Å². The van der Waals surface area contributed by atoms with Crippen molar-refractivity contribution >= 4 is 0 Å². The summed E-state index contributed by atoms with van der Waals surface area (Å²) < 4.78 is 0. The van der Waals surface area contributed by atoms with Gasteiger partial charge in [0, 0.05) is 12.1 Å². The maximum Gasteiger partial charge on any atom is 0.115 e. The highest BCUT2D eigenvalue weighted by molar-refractivity contribution is 5.28. The average molecular weight is 283 g/mol. The third-order valence-electron chi connectivity index (χ3n) is 3.99. The summed E-state index contributed by atoms with van der Waals surface area (Å²) in [7, 11) is 0. The van der Waals surface area contributed by atoms with Gasteiger partial charge in [-0.25, -0.2) is 0 Å². The second-order valence-electron chi connectivity index (χ2n) is 5.85. The van der Waals surface area contributed by atoms with E-state index in [0.717, 1.165) is 12.8 Å². The molecule has 0 aliphatic heterocycles. The quantitative estimate of drug-likeness (QED) is 0.825. The first-order valence-corrected chi connectivity index (χ1v) is 7.65. The summed E-state index contributed by atoms with van der Waals surface area (Å²) in [5.74, 6) is 0.332. The summed E-state index contributed by atoms with van der Waals surface area (Å²) in [4.78, 5) is 0. The Labute approximate surface area is 127 Å². The first-order valence-electron chi connectivity index (χ1n) is 7.65. The van der Waals surface area contributed by atoms with Gasteiger partial charge in [-0.15, -0.1) is 0 Å². The van der Waals surface area contributed by atoms with Crippen molar-refractivity contribution in [1.82, 2.24) is 5.32 Å². The highest BCUT2D eigenvalue weighted by Gasteiger charge is 2.11. The minimum atomic E-state index is 0.332. The molecule has 2 rings (SSSR count). The van der Waals surface area contributed by atoms with Gasteiger partial charge in [0.15, 0.2) is 0 Å². The molecule has 0 saturated heterocycles. The van der Waals surface area contributed by atoms with Crippen LogP contribution in [0.2, 0.25) is 0 Å². The van der Waals surface area contributed by atoms with Gasteiger partial charge < -0.3 is 10.4 Å². The van der Waals surface area contributed by atoms with Gasteiger partial charge in [-0.1, -0.05) is 36.4 Å². The van der Waals surface area contributed by atoms with Crippen LogP contribution in [0.4, 0.5) is 0 Å². The van der Waals surface area contributed by atoms with Gasteiger partial charge >= 0.3 is 0 Å². The van der Waals surface area contributed by atoms with Crippen LogP contribution in [0.5, 0.6) is 5.75 Å². The Bertz CT molecular complexity index is 562. The molecular formula is C19H25NO. The molecule has 0 aliphatic carbocycles. The molecule has 2 aromatic rings. The molecule has 2 heteroatoms. The first-order chi connectivity index (χ1) is 10.1. The van der Waals surface area contributed by atoms with Crippen molar-refractivity contribution in [2.24, 2.45) is 0 Å². The number of hydrogen-bond acceptors (Lipinski definition) is 2. The zero-order valence-electron chi connectivity index (χ0n) is 13.1. The largest absolute Gasteiger partial charge is 0.508 e. The zero-order chi connectivity index (χ0) is 15.2. The molecule has 0 amide bonds. The Morgan fingerprint density at radius 3 is 2.33 bits per heavy atom. The Morgan fingerprint density at radius 2 is 1.67 bits per heavy atom. The molecule has 2 nitrogen and oxygen atoms in total. The van der Waals surface area contributed by atoms with Gasteiger partial charge in [0.1, 0.15) is 5.75 Å². The molecule has 0 fully saturated rings. The molecule has 0 radical (unpaired) electrons. The van der Waals surface area contributed by atoms with Gasteiger partial charge in [0.05, 0.1) is 0 Å². The molecular weight excluding hydrogens is 258 g/mol. The van der Waals surface area contributed by atoms with Crippen LogP contribution < -0.4 is 5.32 Å². The minimum Gasteiger partial charge on any atom is -0.508 e. The molecule has 1 unspecified atom stereocenters. The first kappa shape index (κ1) is 15.6. The van der Waals surface area contributed by atoms with E-state index in [2.05, 4.69) is 50.4 Å². The smallest absolute Gasteiger partial charge is 0.115 e. The highest BCUT2D eigenvalue weighted by Crippen LogP contribution is 2.18. The number of rotatable bonds is 6. The lowest BCUT2D eigenvalue weighted by Crippen LogP contribution is -2.29. The van der Waals surface area contributed by atoms with Gasteiger partial charge in [0.2, 0.25) is 0 Å². The molecule has 0 aliphatic rings. The van der Waals surface area contributed by atoms with Gasteiger partial charge in [-0.05, 0) is 62.4 Å². The monoisotopic (exact) mass is 283 g/mol. The van der Waals surface area contributed by atoms with E-state index in [1.807, 2.05) is 12.1 Å². The number of phenolic OH excluding ortho intramolecular Hbond substituents is 1. The normalized spacial score (nSPS) is 13.9. The van der Waals surface area contributed by atoms with Gasteiger partial charge in [-0.3, -0.25) is 0 Å². The fourth-order valence-electron chi connectivity index (χ4n) is 2.72. The third-order valence-corrected chi connectivity index (χ3v) is 3.99. The maximum atomic E-state index is 9.29. The lowest BCUT2D eigenvalue weighted by atomic mass is 10.0. The van der Waals surface area contributed by atoms with Crippen LogP contribution in [0.15, 0.2) is 48.5 Å². The standard InChI is InChI=1S/C19H25NO/c1-14-6-4-5-7-19(14)16(3)20-15(2)8-9-17-10-12-18(21)13-11-17/h4-7,10-13,15-16,20-21H,8-9H2,1-3H3/t15?,16-/m0/s1. The topological polar surface area (TPSA) is 32.3 Å². The summed E-state index contributed by atoms with van der Waals surface area (Å²) in [6.07, 6.45) is 2.11. The molecule has 0 bridgehead atoms. The summed E-state index contributed by atoms with van der Waals surface area (Å²) in [5, 5.41) is 13.0. The van der Waals surface area contributed by atoms with Crippen LogP contribution in [0.1, 0.15) is 43.0 Å². The molecule has 0 saturated carbocycles. The predicted octanol–water partition coefficient (Wildman–Crippen LogP) is 4.37. The molecule has 0 spiro atoms. The van der Waals surface area contributed by atoms with Crippen molar-refractivity contribution in [2.75, 3.05) is 0 Å². The van der Waals surface area contributed by atoms with Crippen LogP contribution in [0.25, 0.3) is 0 Å². The second-order valence-corrected chi connectivity index (χ2v) is 5.85. The van der Waals surface area contributed by atoms with E-state index in [9.17, 15) is 5.11 Å². The van der Waals surface area contributed by atoms with Crippen molar-refractivity contribution in [3.8, 4) is 5.75 Å². The number of nitrogens with one attached hydrogen (secondary N) is 1. The Kier molecular flexibility index (Phi) is 5.40. The van der Waals surface area contributed by atoms with Crippen LogP contribution in [-0.4, -0.2) is 11.1 Å². The molecule has 21 heavy (non-hydrogen) atoms. The number of benzene rings is 2. The third kappa shape index (κ3) is 4.61. The van der Waals surface area contributed by atoms with Gasteiger partial charge in [0.25, 0.3) is 0 Å². The number of aryl methyl sites for hydroxylation is 2. The number of hydrogen-bond donors (Lipinski definition) is 2. The number of aromatic hydroxyl groups is 1. The molecule has 112 valence electrons. The summed E-state index contributed by atoms with van der Waals surface area (Å²) in [5.41, 5.74) is 3.97. The second kappa shape index (κ2) is 7.28. The number of phenols is 1. The average Bonchev–Trinajstić information content (AvgIpc) is 2.47. The van der Waals surface area contributed by atoms with Crippen molar-refractivity contribution in [2.45, 2.75) is 45.7 Å². The maximum absolute atomic E-state index is 9.29. The Morgan fingerprint density at radius 1 is 1.00 bits per heavy atom. The van der Waals surface area contributed by atoms with Crippen LogP contribution >= 0.6 is 0 Å². The van der Waals surface area contributed by atoms with Gasteiger partial charge in [-0.2, -0.15) is 0 Å². The summed E-state index contributed by atoms with van der Waals surface area (Å²) in [6, 6.07) is 16.8. The lowest BCUT2D eigenvalue weighted by molar-refractivity contribution is 0.455. The Balaban J connectivity index is 1.85.